The van der Waals surface area contributed by atoms with Gasteiger partial charge in [0.05, 0.1) is 19.3 Å². The molecule has 0 unspecified atom stereocenters. The van der Waals surface area contributed by atoms with Crippen molar-refractivity contribution in [3.05, 3.63) is 0 Å². The van der Waals surface area contributed by atoms with Crippen LogP contribution in [0.5, 0.6) is 0 Å². The molecule has 2 aliphatic carbocycles. The molecule has 0 aromatic heterocycles. The second-order valence-electron chi connectivity index (χ2n) is 12.4. The molecule has 0 bridgehead atoms. The van der Waals surface area contributed by atoms with Gasteiger partial charge in [-0.25, -0.2) is 0 Å². The van der Waals surface area contributed by atoms with Crippen molar-refractivity contribution >= 4 is 11.8 Å². The van der Waals surface area contributed by atoms with Gasteiger partial charge in [-0.3, -0.25) is 14.5 Å². The molecule has 0 aromatic carbocycles. The number of morpholine rings is 1. The number of nitrogens with zero attached hydrogens (tertiary/aromatic N) is 3. The van der Waals surface area contributed by atoms with E-state index >= 15 is 0 Å². The Morgan fingerprint density at radius 1 is 1.03 bits per heavy atom. The van der Waals surface area contributed by atoms with Crippen molar-refractivity contribution < 1.29 is 14.3 Å². The van der Waals surface area contributed by atoms with Gasteiger partial charge in [0.2, 0.25) is 11.8 Å². The first-order valence-electron chi connectivity index (χ1n) is 14.7. The zero-order valence-corrected chi connectivity index (χ0v) is 22.7. The van der Waals surface area contributed by atoms with E-state index in [2.05, 4.69) is 30.1 Å². The lowest BCUT2D eigenvalue weighted by Crippen LogP contribution is -2.53. The second-order valence-corrected chi connectivity index (χ2v) is 12.4. The quantitative estimate of drug-likeness (QED) is 0.542. The van der Waals surface area contributed by atoms with Gasteiger partial charge >= 0.3 is 0 Å². The molecule has 202 valence electrons. The van der Waals surface area contributed by atoms with E-state index < -0.39 is 5.54 Å². The van der Waals surface area contributed by atoms with Crippen molar-refractivity contribution in [1.82, 2.24) is 15.1 Å². The van der Waals surface area contributed by atoms with Crippen LogP contribution in [0.25, 0.3) is 0 Å². The molecule has 4 fully saturated rings. The van der Waals surface area contributed by atoms with Gasteiger partial charge < -0.3 is 15.0 Å². The van der Waals surface area contributed by atoms with Crippen molar-refractivity contribution in [3.8, 4) is 6.07 Å². The number of hydrogen-bond donors (Lipinski definition) is 1. The summed E-state index contributed by atoms with van der Waals surface area (Å²) in [6, 6.07) is 3.02. The maximum absolute atomic E-state index is 13.7. The molecular weight excluding hydrogens is 452 g/mol. The normalized spacial score (nSPS) is 31.2. The molecule has 36 heavy (non-hydrogen) atoms. The van der Waals surface area contributed by atoms with Gasteiger partial charge in [-0.15, -0.1) is 0 Å². The summed E-state index contributed by atoms with van der Waals surface area (Å²) >= 11 is 0. The number of nitrogens with one attached hydrogen (secondary N) is 1. The van der Waals surface area contributed by atoms with Gasteiger partial charge in [-0.1, -0.05) is 46.0 Å². The molecule has 2 heterocycles. The molecule has 2 saturated carbocycles. The molecule has 2 atom stereocenters. The van der Waals surface area contributed by atoms with E-state index in [4.69, 9.17) is 4.74 Å². The maximum atomic E-state index is 13.7. The number of rotatable bonds is 8. The summed E-state index contributed by atoms with van der Waals surface area (Å²) in [5.74, 6) is 1.66. The van der Waals surface area contributed by atoms with E-state index in [0.717, 1.165) is 37.6 Å². The predicted molar refractivity (Wildman–Crippen MR) is 140 cm³/mol. The number of likely N-dealkylation sites (tertiary alicyclic amines) is 1. The van der Waals surface area contributed by atoms with Crippen LogP contribution in [-0.2, 0) is 14.3 Å². The Hall–Kier alpha value is -1.65. The molecule has 0 aromatic rings. The number of carbonyl (C=O) groups is 2. The summed E-state index contributed by atoms with van der Waals surface area (Å²) in [4.78, 5) is 31.1. The number of ether oxygens (including phenoxy) is 1. The van der Waals surface area contributed by atoms with Crippen molar-refractivity contribution in [2.75, 3.05) is 39.4 Å². The van der Waals surface area contributed by atoms with E-state index in [0.29, 0.717) is 51.2 Å². The fourth-order valence-corrected chi connectivity index (χ4v) is 7.10. The fourth-order valence-electron chi connectivity index (χ4n) is 7.10. The minimum absolute atomic E-state index is 0.0511. The Kier molecular flexibility index (Phi) is 9.69. The molecule has 4 aliphatic rings. The zero-order chi connectivity index (χ0) is 25.5. The molecule has 2 saturated heterocycles. The standard InChI is InChI=1S/C29H48N4O3/c1-22(2)24-8-10-26(11-9-24)33-13-12-29(20-30,21-33)31-28(35)25(18-23-6-4-3-5-7-23)19-27(34)32-14-16-36-17-15-32/h22-26H,3-19,21H2,1-2H3,(H,31,35)/t24-,25-,26-,29+/m1/s1. The SMILES string of the molecule is CC(C)[C@H]1CC[C@H](N2CC[C@@](C#N)(NC(=O)[C@@H](CC(=O)N3CCOCC3)CC3CCCCC3)C2)CC1. The highest BCUT2D eigenvalue weighted by Crippen LogP contribution is 2.36. The number of nitriles is 1. The van der Waals surface area contributed by atoms with Gasteiger partial charge in [-0.2, -0.15) is 5.26 Å². The van der Waals surface area contributed by atoms with Crippen LogP contribution in [-0.4, -0.2) is 72.6 Å². The summed E-state index contributed by atoms with van der Waals surface area (Å²) in [6.07, 6.45) is 12.6. The highest BCUT2D eigenvalue weighted by molar-refractivity contribution is 5.86. The number of amides is 2. The highest BCUT2D eigenvalue weighted by Gasteiger charge is 2.44. The third-order valence-corrected chi connectivity index (χ3v) is 9.57. The van der Waals surface area contributed by atoms with E-state index in [-0.39, 0.29) is 24.2 Å². The summed E-state index contributed by atoms with van der Waals surface area (Å²) in [5.41, 5.74) is -0.835. The van der Waals surface area contributed by atoms with Crippen LogP contribution in [0, 0.1) is 35.0 Å². The maximum Gasteiger partial charge on any atom is 0.224 e. The summed E-state index contributed by atoms with van der Waals surface area (Å²) < 4.78 is 5.40. The molecule has 0 spiro atoms. The topological polar surface area (TPSA) is 85.7 Å². The monoisotopic (exact) mass is 500 g/mol. The van der Waals surface area contributed by atoms with Crippen LogP contribution in [0.1, 0.15) is 90.9 Å². The van der Waals surface area contributed by atoms with E-state index in [9.17, 15) is 14.9 Å². The lowest BCUT2D eigenvalue weighted by Gasteiger charge is -2.36. The summed E-state index contributed by atoms with van der Waals surface area (Å²) in [6.45, 7) is 8.47. The van der Waals surface area contributed by atoms with Crippen LogP contribution in [0.4, 0.5) is 0 Å². The third kappa shape index (κ3) is 7.01. The average Bonchev–Trinajstić information content (AvgIpc) is 3.33. The molecule has 0 radical (unpaired) electrons. The lowest BCUT2D eigenvalue weighted by molar-refractivity contribution is -0.140. The van der Waals surface area contributed by atoms with Crippen molar-refractivity contribution in [1.29, 1.82) is 5.26 Å². The second kappa shape index (κ2) is 12.7. The minimum Gasteiger partial charge on any atom is -0.378 e. The van der Waals surface area contributed by atoms with Gasteiger partial charge in [0.1, 0.15) is 5.54 Å². The molecule has 2 amide bonds. The Bertz CT molecular complexity index is 776. The van der Waals surface area contributed by atoms with Crippen LogP contribution in [0.3, 0.4) is 0 Å². The molecule has 7 heteroatoms. The largest absolute Gasteiger partial charge is 0.378 e. The summed E-state index contributed by atoms with van der Waals surface area (Å²) in [5, 5.41) is 13.4. The van der Waals surface area contributed by atoms with E-state index in [1.807, 2.05) is 4.90 Å². The van der Waals surface area contributed by atoms with Crippen molar-refractivity contribution in [3.63, 3.8) is 0 Å². The van der Waals surface area contributed by atoms with Gasteiger partial charge in [0, 0.05) is 44.6 Å². The van der Waals surface area contributed by atoms with Crippen LogP contribution >= 0.6 is 0 Å². The first-order chi connectivity index (χ1) is 17.4. The van der Waals surface area contributed by atoms with E-state index in [1.165, 1.54) is 44.9 Å². The van der Waals surface area contributed by atoms with Crippen molar-refractivity contribution in [2.24, 2.45) is 23.7 Å². The number of hydrogen-bond acceptors (Lipinski definition) is 5. The predicted octanol–water partition coefficient (Wildman–Crippen LogP) is 4.12. The number of carbonyl (C=O) groups excluding carboxylic acids is 2. The highest BCUT2D eigenvalue weighted by atomic mass is 16.5. The first kappa shape index (κ1) is 27.4. The Morgan fingerprint density at radius 3 is 2.36 bits per heavy atom. The molecular formula is C29H48N4O3. The van der Waals surface area contributed by atoms with Crippen molar-refractivity contribution in [2.45, 2.75) is 102 Å². The van der Waals surface area contributed by atoms with Crippen LogP contribution in [0.15, 0.2) is 0 Å². The first-order valence-corrected chi connectivity index (χ1v) is 14.7. The Morgan fingerprint density at radius 2 is 1.72 bits per heavy atom. The minimum atomic E-state index is -0.835. The van der Waals surface area contributed by atoms with Gasteiger partial charge in [0.15, 0.2) is 0 Å². The van der Waals surface area contributed by atoms with Gasteiger partial charge in [-0.05, 0) is 56.3 Å². The Balaban J connectivity index is 1.37. The molecule has 4 rings (SSSR count). The zero-order valence-electron chi connectivity index (χ0n) is 22.7. The van der Waals surface area contributed by atoms with Crippen LogP contribution < -0.4 is 5.32 Å². The fraction of sp³-hybridized carbons (Fsp3) is 0.897. The molecule has 7 nitrogen and oxygen atoms in total. The molecule has 2 aliphatic heterocycles. The smallest absolute Gasteiger partial charge is 0.224 e. The van der Waals surface area contributed by atoms with Crippen LogP contribution in [0.2, 0.25) is 0 Å². The third-order valence-electron chi connectivity index (χ3n) is 9.57. The average molecular weight is 501 g/mol. The lowest BCUT2D eigenvalue weighted by atomic mass is 9.79. The van der Waals surface area contributed by atoms with E-state index in [1.54, 1.807) is 0 Å². The Labute approximate surface area is 218 Å². The summed E-state index contributed by atoms with van der Waals surface area (Å²) in [7, 11) is 0. The van der Waals surface area contributed by atoms with Gasteiger partial charge in [0.25, 0.3) is 0 Å². The molecule has 1 N–H and O–H groups in total.